The van der Waals surface area contributed by atoms with Crippen LogP contribution in [-0.2, 0) is 21.7 Å². The van der Waals surface area contributed by atoms with E-state index < -0.39 is 5.79 Å². The third kappa shape index (κ3) is 3.98. The van der Waals surface area contributed by atoms with Crippen molar-refractivity contribution in [3.63, 3.8) is 0 Å². The minimum Gasteiger partial charge on any atom is -0.508 e. The summed E-state index contributed by atoms with van der Waals surface area (Å²) in [6, 6.07) is 12.9. The maximum Gasteiger partial charge on any atom is 0.194 e. The molecule has 1 aliphatic rings. The first kappa shape index (κ1) is 18.2. The van der Waals surface area contributed by atoms with Crippen LogP contribution in [0.4, 0.5) is 0 Å². The van der Waals surface area contributed by atoms with Crippen LogP contribution in [0, 0.1) is 0 Å². The van der Waals surface area contributed by atoms with Gasteiger partial charge in [-0.2, -0.15) is 0 Å². The third-order valence-corrected chi connectivity index (χ3v) is 5.11. The summed E-state index contributed by atoms with van der Waals surface area (Å²) in [4.78, 5) is 0. The number of aliphatic hydroxyl groups excluding tert-OH is 1. The number of aromatic hydroxyl groups is 1. The lowest BCUT2D eigenvalue weighted by Crippen LogP contribution is -2.41. The van der Waals surface area contributed by atoms with E-state index in [0.29, 0.717) is 11.4 Å². The Kier molecular flexibility index (Phi) is 5.64. The normalized spacial score (nSPS) is 23.6. The first-order chi connectivity index (χ1) is 12.1. The van der Waals surface area contributed by atoms with Gasteiger partial charge in [0, 0.05) is 24.1 Å². The molecule has 1 saturated heterocycles. The fourth-order valence-corrected chi connectivity index (χ4v) is 3.52. The molecule has 4 nitrogen and oxygen atoms in total. The lowest BCUT2D eigenvalue weighted by molar-refractivity contribution is -0.282. The molecule has 3 rings (SSSR count). The van der Waals surface area contributed by atoms with Gasteiger partial charge in [0.05, 0.1) is 12.7 Å². The van der Waals surface area contributed by atoms with Gasteiger partial charge in [-0.15, -0.1) is 0 Å². The van der Waals surface area contributed by atoms with Gasteiger partial charge < -0.3 is 19.7 Å². The monoisotopic (exact) mass is 362 g/mol. The Hall–Kier alpha value is -1.59. The molecule has 0 aromatic heterocycles. The number of phenols is 1. The third-order valence-electron chi connectivity index (χ3n) is 4.74. The largest absolute Gasteiger partial charge is 0.508 e. The Morgan fingerprint density at radius 2 is 2.00 bits per heavy atom. The van der Waals surface area contributed by atoms with Crippen LogP contribution >= 0.6 is 11.6 Å². The minimum absolute atomic E-state index is 0.0148. The quantitative estimate of drug-likeness (QED) is 0.844. The van der Waals surface area contributed by atoms with Crippen LogP contribution in [0.15, 0.2) is 42.5 Å². The van der Waals surface area contributed by atoms with Gasteiger partial charge in [-0.05, 0) is 54.7 Å². The molecular formula is C20H23ClO4. The molecule has 0 bridgehead atoms. The van der Waals surface area contributed by atoms with E-state index in [1.165, 1.54) is 0 Å². The molecule has 2 aromatic rings. The van der Waals surface area contributed by atoms with Crippen LogP contribution < -0.4 is 0 Å². The van der Waals surface area contributed by atoms with Gasteiger partial charge in [-0.1, -0.05) is 29.8 Å². The van der Waals surface area contributed by atoms with E-state index in [1.54, 1.807) is 19.2 Å². The molecule has 0 spiro atoms. The maximum absolute atomic E-state index is 9.46. The Bertz CT molecular complexity index is 716. The second-order valence-electron chi connectivity index (χ2n) is 6.42. The zero-order valence-electron chi connectivity index (χ0n) is 14.2. The van der Waals surface area contributed by atoms with Crippen molar-refractivity contribution in [3.05, 3.63) is 64.2 Å². The van der Waals surface area contributed by atoms with Crippen LogP contribution in [0.25, 0.3) is 0 Å². The average molecular weight is 363 g/mol. The van der Waals surface area contributed by atoms with E-state index in [-0.39, 0.29) is 18.5 Å². The number of rotatable bonds is 5. The second kappa shape index (κ2) is 7.75. The highest BCUT2D eigenvalue weighted by molar-refractivity contribution is 6.31. The first-order valence-corrected chi connectivity index (χ1v) is 8.85. The zero-order chi connectivity index (χ0) is 17.9. The summed E-state index contributed by atoms with van der Waals surface area (Å²) < 4.78 is 11.8. The van der Waals surface area contributed by atoms with Crippen LogP contribution in [0.2, 0.25) is 5.02 Å². The lowest BCUT2D eigenvalue weighted by Gasteiger charge is -2.40. The van der Waals surface area contributed by atoms with E-state index in [0.717, 1.165) is 36.0 Å². The van der Waals surface area contributed by atoms with Crippen LogP contribution in [0.5, 0.6) is 5.75 Å². The molecule has 1 fully saturated rings. The van der Waals surface area contributed by atoms with Gasteiger partial charge in [-0.25, -0.2) is 0 Å². The molecule has 0 saturated carbocycles. The van der Waals surface area contributed by atoms with Crippen molar-refractivity contribution in [3.8, 4) is 5.75 Å². The Morgan fingerprint density at radius 3 is 2.68 bits per heavy atom. The van der Waals surface area contributed by atoms with Crippen LogP contribution in [0.1, 0.15) is 36.0 Å². The Morgan fingerprint density at radius 1 is 1.24 bits per heavy atom. The molecule has 0 amide bonds. The fraction of sp³-hybridized carbons (Fsp3) is 0.400. The van der Waals surface area contributed by atoms with Crippen LogP contribution in [0.3, 0.4) is 0 Å². The number of benzene rings is 2. The molecule has 2 aromatic carbocycles. The van der Waals surface area contributed by atoms with Crippen molar-refractivity contribution in [2.24, 2.45) is 0 Å². The van der Waals surface area contributed by atoms with E-state index in [2.05, 4.69) is 0 Å². The SMILES string of the molecule is COC1(c2ccc(Cl)c(Cc3ccc(O)cc3)c2)CCCC(CO)O1. The molecule has 5 heteroatoms. The van der Waals surface area contributed by atoms with Gasteiger partial charge in [0.1, 0.15) is 5.75 Å². The number of ether oxygens (including phenoxy) is 2. The van der Waals surface area contributed by atoms with Gasteiger partial charge in [-0.3, -0.25) is 0 Å². The molecule has 1 heterocycles. The molecule has 25 heavy (non-hydrogen) atoms. The standard InChI is InChI=1S/C20H23ClO4/c1-24-20(10-2-3-18(13-22)25-20)16-6-9-19(21)15(12-16)11-14-4-7-17(23)8-5-14/h4-9,12,18,22-23H,2-3,10-11,13H2,1H3. The summed E-state index contributed by atoms with van der Waals surface area (Å²) in [5.41, 5.74) is 2.93. The maximum atomic E-state index is 9.46. The number of methoxy groups -OCH3 is 1. The van der Waals surface area contributed by atoms with Crippen molar-refractivity contribution >= 4 is 11.6 Å². The van der Waals surface area contributed by atoms with Crippen molar-refractivity contribution in [2.75, 3.05) is 13.7 Å². The molecule has 0 radical (unpaired) electrons. The lowest BCUT2D eigenvalue weighted by atomic mass is 9.92. The van der Waals surface area contributed by atoms with E-state index in [4.69, 9.17) is 21.1 Å². The number of hydrogen-bond acceptors (Lipinski definition) is 4. The van der Waals surface area contributed by atoms with Gasteiger partial charge in [0.25, 0.3) is 0 Å². The van der Waals surface area contributed by atoms with Crippen molar-refractivity contribution in [1.82, 2.24) is 0 Å². The molecule has 2 atom stereocenters. The predicted octanol–water partition coefficient (Wildman–Crippen LogP) is 4.00. The highest BCUT2D eigenvalue weighted by atomic mass is 35.5. The van der Waals surface area contributed by atoms with Crippen molar-refractivity contribution < 1.29 is 19.7 Å². The molecule has 134 valence electrons. The predicted molar refractivity (Wildman–Crippen MR) is 96.9 cm³/mol. The number of aliphatic hydroxyl groups is 1. The summed E-state index contributed by atoms with van der Waals surface area (Å²) in [6.07, 6.45) is 2.92. The van der Waals surface area contributed by atoms with Gasteiger partial charge in [0.15, 0.2) is 5.79 Å². The second-order valence-corrected chi connectivity index (χ2v) is 6.83. The van der Waals surface area contributed by atoms with Crippen LogP contribution in [-0.4, -0.2) is 30.0 Å². The number of phenolic OH excluding ortho intramolecular Hbond substituents is 1. The summed E-state index contributed by atoms with van der Waals surface area (Å²) in [5.74, 6) is -0.604. The molecule has 2 N–H and O–H groups in total. The summed E-state index contributed by atoms with van der Waals surface area (Å²) >= 11 is 6.39. The summed E-state index contributed by atoms with van der Waals surface area (Å²) in [7, 11) is 1.63. The smallest absolute Gasteiger partial charge is 0.194 e. The number of halogens is 1. The topological polar surface area (TPSA) is 58.9 Å². The zero-order valence-corrected chi connectivity index (χ0v) is 15.0. The Balaban J connectivity index is 1.90. The molecule has 2 unspecified atom stereocenters. The van der Waals surface area contributed by atoms with Crippen molar-refractivity contribution in [2.45, 2.75) is 37.6 Å². The van der Waals surface area contributed by atoms with E-state index in [1.807, 2.05) is 30.3 Å². The van der Waals surface area contributed by atoms with E-state index in [9.17, 15) is 10.2 Å². The number of hydrogen-bond donors (Lipinski definition) is 2. The Labute approximate surface area is 153 Å². The molecule has 0 aliphatic carbocycles. The minimum atomic E-state index is -0.847. The summed E-state index contributed by atoms with van der Waals surface area (Å²) in [6.45, 7) is -0.0148. The summed E-state index contributed by atoms with van der Waals surface area (Å²) in [5, 5.41) is 19.6. The first-order valence-electron chi connectivity index (χ1n) is 8.47. The average Bonchev–Trinajstić information content (AvgIpc) is 2.65. The van der Waals surface area contributed by atoms with E-state index >= 15 is 0 Å². The molecule has 1 aliphatic heterocycles. The fourth-order valence-electron chi connectivity index (χ4n) is 3.34. The van der Waals surface area contributed by atoms with Crippen molar-refractivity contribution in [1.29, 1.82) is 0 Å². The highest BCUT2D eigenvalue weighted by Gasteiger charge is 2.39. The highest BCUT2D eigenvalue weighted by Crippen LogP contribution is 2.39. The van der Waals surface area contributed by atoms with Gasteiger partial charge >= 0.3 is 0 Å². The molecular weight excluding hydrogens is 340 g/mol. The van der Waals surface area contributed by atoms with Gasteiger partial charge in [0.2, 0.25) is 0 Å².